The standard InChI is InChI=1S/C10H10ClN3O3S/c1-6-8(11)4-7(5-9(6)12)18(15,16)14-10-2-3-17-13-10/h2-5H,12H2,1H3,(H,13,14). The van der Waals surface area contributed by atoms with Crippen LogP contribution >= 0.6 is 11.6 Å². The number of nitrogens with one attached hydrogen (secondary N) is 1. The van der Waals surface area contributed by atoms with E-state index in [-0.39, 0.29) is 15.7 Å². The Hall–Kier alpha value is -1.73. The van der Waals surface area contributed by atoms with Gasteiger partial charge in [0.2, 0.25) is 0 Å². The lowest BCUT2D eigenvalue weighted by Gasteiger charge is -2.08. The van der Waals surface area contributed by atoms with E-state index in [0.717, 1.165) is 0 Å². The van der Waals surface area contributed by atoms with E-state index in [1.165, 1.54) is 24.5 Å². The Morgan fingerprint density at radius 2 is 2.17 bits per heavy atom. The lowest BCUT2D eigenvalue weighted by atomic mass is 10.2. The molecule has 0 amide bonds. The molecule has 0 saturated heterocycles. The summed E-state index contributed by atoms with van der Waals surface area (Å²) in [4.78, 5) is -0.0291. The van der Waals surface area contributed by atoms with Crippen molar-refractivity contribution in [2.75, 3.05) is 10.5 Å². The molecule has 1 heterocycles. The van der Waals surface area contributed by atoms with Gasteiger partial charge < -0.3 is 10.3 Å². The molecule has 1 aromatic heterocycles. The highest BCUT2D eigenvalue weighted by atomic mass is 35.5. The predicted molar refractivity (Wildman–Crippen MR) is 67.9 cm³/mol. The second-order valence-corrected chi connectivity index (χ2v) is 5.70. The van der Waals surface area contributed by atoms with Crippen LogP contribution in [0.15, 0.2) is 33.9 Å². The van der Waals surface area contributed by atoms with E-state index in [1.807, 2.05) is 0 Å². The van der Waals surface area contributed by atoms with Gasteiger partial charge in [0.15, 0.2) is 5.82 Å². The largest absolute Gasteiger partial charge is 0.398 e. The van der Waals surface area contributed by atoms with Crippen molar-refractivity contribution >= 4 is 33.1 Å². The van der Waals surface area contributed by atoms with Gasteiger partial charge in [-0.05, 0) is 24.6 Å². The van der Waals surface area contributed by atoms with Gasteiger partial charge in [-0.1, -0.05) is 16.8 Å². The zero-order valence-corrected chi connectivity index (χ0v) is 10.9. The summed E-state index contributed by atoms with van der Waals surface area (Å²) in [6.45, 7) is 1.71. The van der Waals surface area contributed by atoms with Crippen molar-refractivity contribution in [3.05, 3.63) is 35.0 Å². The number of hydrogen-bond donors (Lipinski definition) is 2. The van der Waals surface area contributed by atoms with Gasteiger partial charge in [0.25, 0.3) is 10.0 Å². The lowest BCUT2D eigenvalue weighted by Crippen LogP contribution is -2.13. The zero-order chi connectivity index (χ0) is 13.3. The topological polar surface area (TPSA) is 98.2 Å². The fourth-order valence-electron chi connectivity index (χ4n) is 1.29. The summed E-state index contributed by atoms with van der Waals surface area (Å²) in [5.74, 6) is 0.0882. The molecular formula is C10H10ClN3O3S. The van der Waals surface area contributed by atoms with Crippen LogP contribution in [0.3, 0.4) is 0 Å². The van der Waals surface area contributed by atoms with Gasteiger partial charge in [-0.15, -0.1) is 0 Å². The first-order chi connectivity index (χ1) is 8.40. The Labute approximate surface area is 109 Å². The maximum atomic E-state index is 12.0. The molecule has 0 bridgehead atoms. The molecule has 2 aromatic rings. The van der Waals surface area contributed by atoms with Crippen molar-refractivity contribution in [2.24, 2.45) is 0 Å². The van der Waals surface area contributed by atoms with Crippen LogP contribution in [0.25, 0.3) is 0 Å². The van der Waals surface area contributed by atoms with Crippen molar-refractivity contribution in [1.82, 2.24) is 5.16 Å². The summed E-state index contributed by atoms with van der Waals surface area (Å²) in [6.07, 6.45) is 1.26. The van der Waals surface area contributed by atoms with Gasteiger partial charge in [0.05, 0.1) is 4.90 Å². The third kappa shape index (κ3) is 2.41. The van der Waals surface area contributed by atoms with Gasteiger partial charge in [-0.2, -0.15) is 0 Å². The summed E-state index contributed by atoms with van der Waals surface area (Å²) >= 11 is 5.90. The fraction of sp³-hybridized carbons (Fsp3) is 0.100. The molecule has 8 heteroatoms. The molecule has 0 atom stereocenters. The Morgan fingerprint density at radius 3 is 2.72 bits per heavy atom. The molecule has 2 rings (SSSR count). The van der Waals surface area contributed by atoms with Crippen LogP contribution in [0.2, 0.25) is 5.02 Å². The molecule has 0 fully saturated rings. The van der Waals surface area contributed by atoms with E-state index in [9.17, 15) is 8.42 Å². The maximum absolute atomic E-state index is 12.0. The van der Waals surface area contributed by atoms with Crippen molar-refractivity contribution in [3.63, 3.8) is 0 Å². The van der Waals surface area contributed by atoms with Crippen LogP contribution < -0.4 is 10.5 Å². The van der Waals surface area contributed by atoms with Crippen LogP contribution in [-0.2, 0) is 10.0 Å². The average Bonchev–Trinajstić information content (AvgIpc) is 2.77. The number of benzene rings is 1. The van der Waals surface area contributed by atoms with Crippen molar-refractivity contribution < 1.29 is 12.9 Å². The number of nitrogens with zero attached hydrogens (tertiary/aromatic N) is 1. The van der Waals surface area contributed by atoms with E-state index >= 15 is 0 Å². The minimum atomic E-state index is -3.78. The van der Waals surface area contributed by atoms with Gasteiger partial charge in [-0.3, -0.25) is 4.72 Å². The average molecular weight is 288 g/mol. The number of rotatable bonds is 3. The van der Waals surface area contributed by atoms with Gasteiger partial charge >= 0.3 is 0 Å². The van der Waals surface area contributed by atoms with E-state index in [1.54, 1.807) is 6.92 Å². The first-order valence-corrected chi connectivity index (χ1v) is 6.75. The van der Waals surface area contributed by atoms with Crippen LogP contribution in [0.5, 0.6) is 0 Å². The first kappa shape index (κ1) is 12.7. The smallest absolute Gasteiger partial charge is 0.263 e. The summed E-state index contributed by atoms with van der Waals surface area (Å²) in [5.41, 5.74) is 6.63. The van der Waals surface area contributed by atoms with Crippen molar-refractivity contribution in [2.45, 2.75) is 11.8 Å². The molecule has 18 heavy (non-hydrogen) atoms. The van der Waals surface area contributed by atoms with Crippen molar-refractivity contribution in [3.8, 4) is 0 Å². The van der Waals surface area contributed by atoms with Crippen LogP contribution in [0.4, 0.5) is 11.5 Å². The second-order valence-electron chi connectivity index (χ2n) is 3.61. The lowest BCUT2D eigenvalue weighted by molar-refractivity contribution is 0.423. The highest BCUT2D eigenvalue weighted by Crippen LogP contribution is 2.26. The molecule has 96 valence electrons. The Morgan fingerprint density at radius 1 is 1.44 bits per heavy atom. The van der Waals surface area contributed by atoms with Gasteiger partial charge in [0, 0.05) is 16.8 Å². The summed E-state index contributed by atoms with van der Waals surface area (Å²) in [7, 11) is -3.78. The Bertz CT molecular complexity index is 645. The summed E-state index contributed by atoms with van der Waals surface area (Å²) < 4.78 is 30.8. The minimum absolute atomic E-state index is 0.0291. The second kappa shape index (κ2) is 4.51. The Balaban J connectivity index is 2.42. The highest BCUT2D eigenvalue weighted by Gasteiger charge is 2.18. The molecule has 6 nitrogen and oxygen atoms in total. The zero-order valence-electron chi connectivity index (χ0n) is 9.34. The normalized spacial score (nSPS) is 11.4. The number of halogens is 1. The van der Waals surface area contributed by atoms with Gasteiger partial charge in [0.1, 0.15) is 6.26 Å². The minimum Gasteiger partial charge on any atom is -0.398 e. The molecule has 0 aliphatic rings. The maximum Gasteiger partial charge on any atom is 0.263 e. The molecule has 0 saturated carbocycles. The van der Waals surface area contributed by atoms with Gasteiger partial charge in [-0.25, -0.2) is 8.42 Å². The summed E-state index contributed by atoms with van der Waals surface area (Å²) in [6, 6.07) is 4.05. The van der Waals surface area contributed by atoms with Crippen molar-refractivity contribution in [1.29, 1.82) is 0 Å². The van der Waals surface area contributed by atoms with E-state index in [0.29, 0.717) is 11.3 Å². The highest BCUT2D eigenvalue weighted by molar-refractivity contribution is 7.92. The quantitative estimate of drug-likeness (QED) is 0.842. The molecule has 0 spiro atoms. The number of nitrogens with two attached hydrogens (primary N) is 1. The number of nitrogen functional groups attached to an aromatic ring is 1. The molecular weight excluding hydrogens is 278 g/mol. The fourth-order valence-corrected chi connectivity index (χ4v) is 2.64. The van der Waals surface area contributed by atoms with Crippen LogP contribution in [0, 0.1) is 6.92 Å². The molecule has 0 unspecified atom stereocenters. The molecule has 3 N–H and O–H groups in total. The number of hydrogen-bond acceptors (Lipinski definition) is 5. The Kier molecular flexibility index (Phi) is 3.18. The molecule has 0 aliphatic carbocycles. The molecule has 1 aromatic carbocycles. The number of sulfonamides is 1. The molecule has 0 radical (unpaired) electrons. The first-order valence-electron chi connectivity index (χ1n) is 4.89. The predicted octanol–water partition coefficient (Wildman–Crippen LogP) is 2.02. The van der Waals surface area contributed by atoms with E-state index in [4.69, 9.17) is 17.3 Å². The van der Waals surface area contributed by atoms with Crippen LogP contribution in [-0.4, -0.2) is 13.6 Å². The number of anilines is 2. The van der Waals surface area contributed by atoms with Crippen LogP contribution in [0.1, 0.15) is 5.56 Å². The SMILES string of the molecule is Cc1c(N)cc(S(=O)(=O)Nc2ccon2)cc1Cl. The molecule has 0 aliphatic heterocycles. The van der Waals surface area contributed by atoms with E-state index < -0.39 is 10.0 Å². The van der Waals surface area contributed by atoms with E-state index in [2.05, 4.69) is 14.4 Å². The number of aromatic nitrogens is 1. The summed E-state index contributed by atoms with van der Waals surface area (Å²) in [5, 5.41) is 3.75. The monoisotopic (exact) mass is 287 g/mol. The third-order valence-corrected chi connectivity index (χ3v) is 4.07. The third-order valence-electron chi connectivity index (χ3n) is 2.35.